The van der Waals surface area contributed by atoms with Gasteiger partial charge in [0.05, 0.1) is 27.6 Å². The number of anilines is 1. The first kappa shape index (κ1) is 16.4. The van der Waals surface area contributed by atoms with E-state index in [2.05, 4.69) is 15.6 Å². The molecule has 0 spiro atoms. The fourth-order valence-electron chi connectivity index (χ4n) is 3.06. The fourth-order valence-corrected chi connectivity index (χ4v) is 3.46. The molecule has 0 saturated heterocycles. The molecule has 1 unspecified atom stereocenters. The average Bonchev–Trinajstić information content (AvgIpc) is 2.82. The van der Waals surface area contributed by atoms with Crippen molar-refractivity contribution in [1.29, 1.82) is 0 Å². The molecule has 1 aromatic carbocycles. The molecule has 23 heavy (non-hydrogen) atoms. The summed E-state index contributed by atoms with van der Waals surface area (Å²) in [5.41, 5.74) is 3.45. The summed E-state index contributed by atoms with van der Waals surface area (Å²) in [6.07, 6.45) is 0.210. The molecule has 0 aliphatic carbocycles. The van der Waals surface area contributed by atoms with E-state index in [1.165, 1.54) is 0 Å². The molecule has 1 aliphatic rings. The molecule has 0 bridgehead atoms. The fraction of sp³-hybridized carbons (Fsp3) is 0.438. The van der Waals surface area contributed by atoms with Crippen molar-refractivity contribution in [1.82, 2.24) is 10.3 Å². The van der Waals surface area contributed by atoms with Crippen LogP contribution in [0.15, 0.2) is 6.07 Å². The number of H-pyrrole nitrogens is 1. The van der Waals surface area contributed by atoms with Crippen molar-refractivity contribution >= 4 is 45.7 Å². The van der Waals surface area contributed by atoms with Crippen molar-refractivity contribution in [2.75, 3.05) is 18.4 Å². The van der Waals surface area contributed by atoms with Crippen molar-refractivity contribution in [2.24, 2.45) is 0 Å². The van der Waals surface area contributed by atoms with E-state index in [1.54, 1.807) is 13.0 Å². The largest absolute Gasteiger partial charge is 0.392 e. The lowest BCUT2D eigenvalue weighted by molar-refractivity contribution is -0.121. The summed E-state index contributed by atoms with van der Waals surface area (Å²) in [6, 6.07) is 1.75. The summed E-state index contributed by atoms with van der Waals surface area (Å²) in [6.45, 7) is 4.56. The summed E-state index contributed by atoms with van der Waals surface area (Å²) in [7, 11) is 0. The Morgan fingerprint density at radius 1 is 1.48 bits per heavy atom. The lowest BCUT2D eigenvalue weighted by Gasteiger charge is -2.15. The first-order valence-electron chi connectivity index (χ1n) is 7.62. The van der Waals surface area contributed by atoms with E-state index >= 15 is 0 Å². The number of benzene rings is 1. The van der Waals surface area contributed by atoms with E-state index < -0.39 is 6.10 Å². The highest BCUT2D eigenvalue weighted by molar-refractivity contribution is 6.45. The van der Waals surface area contributed by atoms with Crippen LogP contribution in [0.25, 0.3) is 10.9 Å². The van der Waals surface area contributed by atoms with E-state index in [-0.39, 0.29) is 11.8 Å². The second-order valence-electron chi connectivity index (χ2n) is 5.98. The SMILES string of the molecule is CC1C(=O)NCCc2[nH]c3c(Cl)c(Cl)cc(NC[C@@H](C)O)c3c21. The van der Waals surface area contributed by atoms with Gasteiger partial charge in [0, 0.05) is 36.3 Å². The molecular formula is C16H19Cl2N3O2. The Labute approximate surface area is 144 Å². The molecule has 7 heteroatoms. The Bertz CT molecular complexity index is 771. The van der Waals surface area contributed by atoms with Crippen LogP contribution in [0, 0.1) is 0 Å². The second-order valence-corrected chi connectivity index (χ2v) is 6.76. The number of rotatable bonds is 3. The number of carbonyl (C=O) groups is 1. The number of aliphatic hydroxyl groups excluding tert-OH is 1. The number of carbonyl (C=O) groups excluding carboxylic acids is 1. The predicted octanol–water partition coefficient (Wildman–Crippen LogP) is 3.04. The molecule has 1 aliphatic heterocycles. The van der Waals surface area contributed by atoms with E-state index in [0.29, 0.717) is 29.6 Å². The number of aliphatic hydroxyl groups is 1. The predicted molar refractivity (Wildman–Crippen MR) is 93.6 cm³/mol. The maximum absolute atomic E-state index is 12.2. The van der Waals surface area contributed by atoms with Crippen molar-refractivity contribution < 1.29 is 9.90 Å². The molecule has 2 heterocycles. The lowest BCUT2D eigenvalue weighted by atomic mass is 9.96. The van der Waals surface area contributed by atoms with Crippen LogP contribution in [0.4, 0.5) is 5.69 Å². The monoisotopic (exact) mass is 355 g/mol. The summed E-state index contributed by atoms with van der Waals surface area (Å²) >= 11 is 12.6. The Balaban J connectivity index is 2.25. The van der Waals surface area contributed by atoms with Gasteiger partial charge in [-0.1, -0.05) is 23.2 Å². The van der Waals surface area contributed by atoms with Gasteiger partial charge in [-0.15, -0.1) is 0 Å². The zero-order chi connectivity index (χ0) is 16.7. The van der Waals surface area contributed by atoms with Crippen molar-refractivity contribution in [3.05, 3.63) is 27.4 Å². The van der Waals surface area contributed by atoms with Crippen LogP contribution in [0.1, 0.15) is 31.0 Å². The highest BCUT2D eigenvalue weighted by Gasteiger charge is 2.28. The molecule has 0 saturated carbocycles. The van der Waals surface area contributed by atoms with Gasteiger partial charge in [0.15, 0.2) is 0 Å². The van der Waals surface area contributed by atoms with Crippen molar-refractivity contribution in [3.8, 4) is 0 Å². The highest BCUT2D eigenvalue weighted by atomic mass is 35.5. The molecule has 3 rings (SSSR count). The average molecular weight is 356 g/mol. The molecule has 2 aromatic rings. The minimum atomic E-state index is -0.502. The van der Waals surface area contributed by atoms with E-state index in [0.717, 1.165) is 27.8 Å². The molecule has 0 fully saturated rings. The van der Waals surface area contributed by atoms with Crippen LogP contribution in [0.5, 0.6) is 0 Å². The van der Waals surface area contributed by atoms with Crippen LogP contribution in [-0.4, -0.2) is 35.2 Å². The molecule has 1 aromatic heterocycles. The van der Waals surface area contributed by atoms with E-state index in [4.69, 9.17) is 23.2 Å². The number of hydrogen-bond acceptors (Lipinski definition) is 3. The van der Waals surface area contributed by atoms with Gasteiger partial charge in [0.1, 0.15) is 0 Å². The topological polar surface area (TPSA) is 77.2 Å². The number of halogens is 2. The Morgan fingerprint density at radius 2 is 2.22 bits per heavy atom. The van der Waals surface area contributed by atoms with E-state index in [1.807, 2.05) is 6.92 Å². The number of hydrogen-bond donors (Lipinski definition) is 4. The summed E-state index contributed by atoms with van der Waals surface area (Å²) < 4.78 is 0. The Morgan fingerprint density at radius 3 is 2.91 bits per heavy atom. The first-order chi connectivity index (χ1) is 10.9. The Kier molecular flexibility index (Phi) is 4.45. The second kappa shape index (κ2) is 6.23. The molecule has 4 N–H and O–H groups in total. The normalized spacial score (nSPS) is 19.2. The molecule has 124 valence electrons. The molecular weight excluding hydrogens is 337 g/mol. The number of amides is 1. The van der Waals surface area contributed by atoms with Crippen molar-refractivity contribution in [2.45, 2.75) is 32.3 Å². The lowest BCUT2D eigenvalue weighted by Crippen LogP contribution is -2.27. The maximum atomic E-state index is 12.2. The van der Waals surface area contributed by atoms with Gasteiger partial charge in [-0.05, 0) is 25.5 Å². The summed E-state index contributed by atoms with van der Waals surface area (Å²) in [5, 5.41) is 17.4. The summed E-state index contributed by atoms with van der Waals surface area (Å²) in [5.74, 6) is -0.289. The number of aromatic amines is 1. The smallest absolute Gasteiger partial charge is 0.227 e. The molecule has 2 atom stereocenters. The van der Waals surface area contributed by atoms with Crippen molar-refractivity contribution in [3.63, 3.8) is 0 Å². The van der Waals surface area contributed by atoms with Gasteiger partial charge in [0.2, 0.25) is 5.91 Å². The third kappa shape index (κ3) is 2.89. The minimum Gasteiger partial charge on any atom is -0.392 e. The van der Waals surface area contributed by atoms with Crippen LogP contribution in [0.3, 0.4) is 0 Å². The molecule has 0 radical (unpaired) electrons. The zero-order valence-corrected chi connectivity index (χ0v) is 14.5. The minimum absolute atomic E-state index is 0.00259. The van der Waals surface area contributed by atoms with Gasteiger partial charge in [-0.25, -0.2) is 0 Å². The van der Waals surface area contributed by atoms with E-state index in [9.17, 15) is 9.90 Å². The van der Waals surface area contributed by atoms with Gasteiger partial charge in [-0.2, -0.15) is 0 Å². The van der Waals surface area contributed by atoms with Gasteiger partial charge < -0.3 is 20.7 Å². The number of aromatic nitrogens is 1. The first-order valence-corrected chi connectivity index (χ1v) is 8.37. The number of fused-ring (bicyclic) bond motifs is 3. The van der Waals surface area contributed by atoms with Crippen LogP contribution in [-0.2, 0) is 11.2 Å². The third-order valence-electron chi connectivity index (χ3n) is 4.18. The Hall–Kier alpha value is -1.43. The zero-order valence-electron chi connectivity index (χ0n) is 13.0. The van der Waals surface area contributed by atoms with Crippen LogP contribution in [0.2, 0.25) is 10.0 Å². The van der Waals surface area contributed by atoms with Gasteiger partial charge in [-0.3, -0.25) is 4.79 Å². The molecule has 5 nitrogen and oxygen atoms in total. The van der Waals surface area contributed by atoms with Gasteiger partial charge in [0.25, 0.3) is 0 Å². The third-order valence-corrected chi connectivity index (χ3v) is 4.97. The highest BCUT2D eigenvalue weighted by Crippen LogP contribution is 2.42. The maximum Gasteiger partial charge on any atom is 0.227 e. The van der Waals surface area contributed by atoms with Crippen LogP contribution < -0.4 is 10.6 Å². The quantitative estimate of drug-likeness (QED) is 0.683. The number of nitrogens with one attached hydrogen (secondary N) is 3. The van der Waals surface area contributed by atoms with Crippen LogP contribution >= 0.6 is 23.2 Å². The molecule has 1 amide bonds. The standard InChI is InChI=1S/C16H19Cl2N3O2/c1-7(22)6-20-11-5-9(17)14(18)15-13(11)12-8(2)16(23)19-4-3-10(12)21-15/h5,7-8,20-22H,3-4,6H2,1-2H3,(H,19,23)/t7-,8?/m1/s1. The summed E-state index contributed by atoms with van der Waals surface area (Å²) in [4.78, 5) is 15.5. The van der Waals surface area contributed by atoms with Gasteiger partial charge >= 0.3 is 0 Å².